The summed E-state index contributed by atoms with van der Waals surface area (Å²) in [4.78, 5) is 0. The number of hydrogen-bond donors (Lipinski definition) is 1. The summed E-state index contributed by atoms with van der Waals surface area (Å²) >= 11 is 0. The third-order valence-electron chi connectivity index (χ3n) is 2.45. The number of hydrogen-bond acceptors (Lipinski definition) is 3. The fourth-order valence-electron chi connectivity index (χ4n) is 1.63. The summed E-state index contributed by atoms with van der Waals surface area (Å²) in [6.45, 7) is 2.79. The Labute approximate surface area is 77.7 Å². The Morgan fingerprint density at radius 2 is 2.62 bits per heavy atom. The van der Waals surface area contributed by atoms with Crippen LogP contribution >= 0.6 is 0 Å². The number of nitrogen functional groups attached to an aromatic ring is 1. The van der Waals surface area contributed by atoms with Gasteiger partial charge in [0, 0.05) is 26.0 Å². The average molecular weight is 181 g/mol. The highest BCUT2D eigenvalue weighted by molar-refractivity contribution is 5.23. The summed E-state index contributed by atoms with van der Waals surface area (Å²) in [5, 5.41) is 4.13. The molecule has 1 fully saturated rings. The number of aryl methyl sites for hydroxylation is 1. The largest absolute Gasteiger partial charge is 0.382 e. The van der Waals surface area contributed by atoms with Crippen molar-refractivity contribution in [2.45, 2.75) is 19.4 Å². The quantitative estimate of drug-likeness (QED) is 0.753. The summed E-state index contributed by atoms with van der Waals surface area (Å²) in [7, 11) is 0. The maximum Gasteiger partial charge on any atom is 0.145 e. The van der Waals surface area contributed by atoms with Crippen LogP contribution in [0.2, 0.25) is 0 Å². The normalized spacial score (nSPS) is 22.3. The zero-order valence-corrected chi connectivity index (χ0v) is 7.65. The maximum atomic E-state index is 5.51. The van der Waals surface area contributed by atoms with Gasteiger partial charge in [-0.1, -0.05) is 0 Å². The van der Waals surface area contributed by atoms with Crippen LogP contribution in [0.25, 0.3) is 0 Å². The van der Waals surface area contributed by atoms with Crippen LogP contribution in [0.1, 0.15) is 12.8 Å². The van der Waals surface area contributed by atoms with Gasteiger partial charge in [-0.15, -0.1) is 0 Å². The third-order valence-corrected chi connectivity index (χ3v) is 2.45. The standard InChI is InChI=1S/C9H15N3O/c10-9-2-5-12(11-9)4-1-8-3-6-13-7-8/h2,5,8H,1,3-4,6-7H2,(H2,10,11). The van der Waals surface area contributed by atoms with E-state index in [-0.39, 0.29) is 0 Å². The van der Waals surface area contributed by atoms with E-state index in [0.29, 0.717) is 11.7 Å². The van der Waals surface area contributed by atoms with E-state index in [1.54, 1.807) is 0 Å². The number of rotatable bonds is 3. The van der Waals surface area contributed by atoms with Crippen LogP contribution < -0.4 is 5.73 Å². The predicted molar refractivity (Wildman–Crippen MR) is 50.2 cm³/mol. The van der Waals surface area contributed by atoms with Crippen LogP contribution in [0.15, 0.2) is 12.3 Å². The molecule has 4 heteroatoms. The molecule has 1 aromatic rings. The van der Waals surface area contributed by atoms with Gasteiger partial charge in [-0.25, -0.2) is 0 Å². The average Bonchev–Trinajstić information content (AvgIpc) is 2.71. The molecule has 0 amide bonds. The lowest BCUT2D eigenvalue weighted by molar-refractivity contribution is 0.183. The van der Waals surface area contributed by atoms with Crippen LogP contribution in [0.4, 0.5) is 5.82 Å². The van der Waals surface area contributed by atoms with Crippen molar-refractivity contribution < 1.29 is 4.74 Å². The summed E-state index contributed by atoms with van der Waals surface area (Å²) in [6, 6.07) is 1.82. The molecule has 0 aliphatic carbocycles. The van der Waals surface area contributed by atoms with Crippen molar-refractivity contribution in [2.24, 2.45) is 5.92 Å². The molecule has 2 heterocycles. The SMILES string of the molecule is Nc1ccn(CCC2CCOC2)n1. The van der Waals surface area contributed by atoms with E-state index in [9.17, 15) is 0 Å². The topological polar surface area (TPSA) is 53.1 Å². The fraction of sp³-hybridized carbons (Fsp3) is 0.667. The molecule has 1 saturated heterocycles. The van der Waals surface area contributed by atoms with Gasteiger partial charge in [0.15, 0.2) is 0 Å². The minimum atomic E-state index is 0.600. The van der Waals surface area contributed by atoms with Crippen molar-refractivity contribution in [3.05, 3.63) is 12.3 Å². The highest BCUT2D eigenvalue weighted by atomic mass is 16.5. The lowest BCUT2D eigenvalue weighted by Gasteiger charge is -2.06. The highest BCUT2D eigenvalue weighted by Gasteiger charge is 2.15. The van der Waals surface area contributed by atoms with Crippen LogP contribution in [0, 0.1) is 5.92 Å². The minimum absolute atomic E-state index is 0.600. The number of nitrogens with zero attached hydrogens (tertiary/aromatic N) is 2. The van der Waals surface area contributed by atoms with Crippen LogP contribution in [0.3, 0.4) is 0 Å². The molecule has 1 aliphatic rings. The number of ether oxygens (including phenoxy) is 1. The molecule has 0 spiro atoms. The predicted octanol–water partition coefficient (Wildman–Crippen LogP) is 0.892. The zero-order valence-electron chi connectivity index (χ0n) is 7.65. The van der Waals surface area contributed by atoms with Crippen LogP contribution in [-0.4, -0.2) is 23.0 Å². The van der Waals surface area contributed by atoms with E-state index in [1.165, 1.54) is 6.42 Å². The molecule has 1 aromatic heterocycles. The van der Waals surface area contributed by atoms with Crippen molar-refractivity contribution in [3.63, 3.8) is 0 Å². The molecule has 0 radical (unpaired) electrons. The van der Waals surface area contributed by atoms with Crippen molar-refractivity contribution in [2.75, 3.05) is 18.9 Å². The van der Waals surface area contributed by atoms with Crippen molar-refractivity contribution >= 4 is 5.82 Å². The molecule has 72 valence electrons. The van der Waals surface area contributed by atoms with Gasteiger partial charge in [0.2, 0.25) is 0 Å². The van der Waals surface area contributed by atoms with Gasteiger partial charge >= 0.3 is 0 Å². The first kappa shape index (κ1) is 8.56. The molecular weight excluding hydrogens is 166 g/mol. The van der Waals surface area contributed by atoms with Gasteiger partial charge in [0.1, 0.15) is 5.82 Å². The van der Waals surface area contributed by atoms with Crippen LogP contribution in [-0.2, 0) is 11.3 Å². The Kier molecular flexibility index (Phi) is 2.49. The Bertz CT molecular complexity index is 266. The summed E-state index contributed by atoms with van der Waals surface area (Å²) in [6.07, 6.45) is 4.25. The number of aromatic nitrogens is 2. The van der Waals surface area contributed by atoms with E-state index in [4.69, 9.17) is 10.5 Å². The van der Waals surface area contributed by atoms with Crippen molar-refractivity contribution in [1.29, 1.82) is 0 Å². The van der Waals surface area contributed by atoms with Gasteiger partial charge in [0.25, 0.3) is 0 Å². The van der Waals surface area contributed by atoms with Crippen molar-refractivity contribution in [1.82, 2.24) is 9.78 Å². The molecular formula is C9H15N3O. The van der Waals surface area contributed by atoms with E-state index in [0.717, 1.165) is 26.2 Å². The Hall–Kier alpha value is -1.03. The van der Waals surface area contributed by atoms with Gasteiger partial charge in [-0.3, -0.25) is 4.68 Å². The molecule has 0 aromatic carbocycles. The van der Waals surface area contributed by atoms with Gasteiger partial charge in [0.05, 0.1) is 0 Å². The summed E-state index contributed by atoms with van der Waals surface area (Å²) < 4.78 is 7.19. The summed E-state index contributed by atoms with van der Waals surface area (Å²) in [5.74, 6) is 1.31. The second-order valence-electron chi connectivity index (χ2n) is 3.52. The number of anilines is 1. The van der Waals surface area contributed by atoms with E-state index < -0.39 is 0 Å². The Morgan fingerprint density at radius 3 is 3.23 bits per heavy atom. The van der Waals surface area contributed by atoms with Crippen LogP contribution in [0.5, 0.6) is 0 Å². The first-order chi connectivity index (χ1) is 6.34. The third kappa shape index (κ3) is 2.21. The lowest BCUT2D eigenvalue weighted by atomic mass is 10.1. The molecule has 0 saturated carbocycles. The second-order valence-corrected chi connectivity index (χ2v) is 3.52. The molecule has 0 bridgehead atoms. The highest BCUT2D eigenvalue weighted by Crippen LogP contribution is 2.16. The Morgan fingerprint density at radius 1 is 1.69 bits per heavy atom. The first-order valence-electron chi connectivity index (χ1n) is 4.71. The summed E-state index contributed by atoms with van der Waals surface area (Å²) in [5.41, 5.74) is 5.51. The van der Waals surface area contributed by atoms with E-state index >= 15 is 0 Å². The molecule has 1 atom stereocenters. The first-order valence-corrected chi connectivity index (χ1v) is 4.71. The monoisotopic (exact) mass is 181 g/mol. The van der Waals surface area contributed by atoms with E-state index in [1.807, 2.05) is 16.9 Å². The second kappa shape index (κ2) is 3.79. The molecule has 2 rings (SSSR count). The molecule has 4 nitrogen and oxygen atoms in total. The fourth-order valence-corrected chi connectivity index (χ4v) is 1.63. The smallest absolute Gasteiger partial charge is 0.145 e. The van der Waals surface area contributed by atoms with Gasteiger partial charge in [-0.05, 0) is 24.8 Å². The molecule has 2 N–H and O–H groups in total. The number of nitrogens with two attached hydrogens (primary N) is 1. The van der Waals surface area contributed by atoms with Gasteiger partial charge < -0.3 is 10.5 Å². The molecule has 1 aliphatic heterocycles. The zero-order chi connectivity index (χ0) is 9.10. The molecule has 13 heavy (non-hydrogen) atoms. The van der Waals surface area contributed by atoms with Gasteiger partial charge in [-0.2, -0.15) is 5.10 Å². The molecule has 1 unspecified atom stereocenters. The Balaban J connectivity index is 1.78. The minimum Gasteiger partial charge on any atom is -0.382 e. The maximum absolute atomic E-state index is 5.51. The van der Waals surface area contributed by atoms with Crippen molar-refractivity contribution in [3.8, 4) is 0 Å². The van der Waals surface area contributed by atoms with E-state index in [2.05, 4.69) is 5.10 Å². The lowest BCUT2D eigenvalue weighted by Crippen LogP contribution is -2.06.